The van der Waals surface area contributed by atoms with Crippen molar-refractivity contribution in [1.29, 1.82) is 0 Å². The lowest BCUT2D eigenvalue weighted by Crippen LogP contribution is -2.45. The van der Waals surface area contributed by atoms with Crippen molar-refractivity contribution in [3.63, 3.8) is 0 Å². The van der Waals surface area contributed by atoms with E-state index >= 15 is 0 Å². The second-order valence-electron chi connectivity index (χ2n) is 3.86. The third-order valence-corrected chi connectivity index (χ3v) is 3.70. The van der Waals surface area contributed by atoms with Crippen LogP contribution in [0, 0.1) is 11.3 Å². The number of hydrogen-bond donors (Lipinski definition) is 0. The van der Waals surface area contributed by atoms with E-state index in [1.807, 2.05) is 0 Å². The lowest BCUT2D eigenvalue weighted by molar-refractivity contribution is -0.0502. The Morgan fingerprint density at radius 2 is 2.11 bits per heavy atom. The average Bonchev–Trinajstić information content (AvgIpc) is 1.59. The summed E-state index contributed by atoms with van der Waals surface area (Å²) in [5.41, 5.74) is 0.911. The van der Waals surface area contributed by atoms with Crippen molar-refractivity contribution in [3.8, 4) is 0 Å². The van der Waals surface area contributed by atoms with Crippen LogP contribution in [0.15, 0.2) is 0 Å². The van der Waals surface area contributed by atoms with Crippen molar-refractivity contribution in [2.75, 3.05) is 0 Å². The molecule has 0 amide bonds. The van der Waals surface area contributed by atoms with Crippen LogP contribution in [0.1, 0.15) is 45.4 Å². The van der Waals surface area contributed by atoms with Crippen LogP contribution >= 0.6 is 0 Å². The first-order chi connectivity index (χ1) is 4.37. The van der Waals surface area contributed by atoms with Gasteiger partial charge in [-0.05, 0) is 37.0 Å². The Hall–Kier alpha value is 0. The maximum absolute atomic E-state index is 2.35. The van der Waals surface area contributed by atoms with E-state index in [9.17, 15) is 0 Å². The topological polar surface area (TPSA) is 0 Å². The zero-order chi connectivity index (χ0) is 6.32. The molecule has 0 saturated heterocycles. The van der Waals surface area contributed by atoms with Gasteiger partial charge < -0.3 is 0 Å². The molecule has 52 valence electrons. The SMILES string of the molecule is CC[C@@H]1CCC12CCC2. The molecule has 0 bridgehead atoms. The minimum Gasteiger partial charge on any atom is -0.0651 e. The van der Waals surface area contributed by atoms with Gasteiger partial charge in [0.05, 0.1) is 0 Å². The van der Waals surface area contributed by atoms with E-state index in [2.05, 4.69) is 6.92 Å². The third-order valence-electron chi connectivity index (χ3n) is 3.70. The quantitative estimate of drug-likeness (QED) is 0.504. The summed E-state index contributed by atoms with van der Waals surface area (Å²) in [7, 11) is 0. The third kappa shape index (κ3) is 0.595. The maximum Gasteiger partial charge on any atom is -0.0269 e. The van der Waals surface area contributed by atoms with Crippen LogP contribution < -0.4 is 0 Å². The Kier molecular flexibility index (Phi) is 1.12. The van der Waals surface area contributed by atoms with E-state index in [4.69, 9.17) is 0 Å². The van der Waals surface area contributed by atoms with Crippen LogP contribution in [0.4, 0.5) is 0 Å². The first kappa shape index (κ1) is 5.76. The van der Waals surface area contributed by atoms with Crippen molar-refractivity contribution in [3.05, 3.63) is 0 Å². The van der Waals surface area contributed by atoms with E-state index < -0.39 is 0 Å². The zero-order valence-corrected chi connectivity index (χ0v) is 6.32. The van der Waals surface area contributed by atoms with E-state index in [0.717, 1.165) is 11.3 Å². The minimum absolute atomic E-state index is 0.911. The molecule has 0 aliphatic heterocycles. The Labute approximate surface area is 57.6 Å². The fourth-order valence-electron chi connectivity index (χ4n) is 2.68. The van der Waals surface area contributed by atoms with Gasteiger partial charge in [0, 0.05) is 0 Å². The van der Waals surface area contributed by atoms with E-state index in [-0.39, 0.29) is 0 Å². The number of hydrogen-bond acceptors (Lipinski definition) is 0. The summed E-state index contributed by atoms with van der Waals surface area (Å²) < 4.78 is 0. The van der Waals surface area contributed by atoms with Gasteiger partial charge in [0.15, 0.2) is 0 Å². The molecule has 0 radical (unpaired) electrons. The Morgan fingerprint density at radius 1 is 1.33 bits per heavy atom. The van der Waals surface area contributed by atoms with Gasteiger partial charge >= 0.3 is 0 Å². The normalized spacial score (nSPS) is 37.7. The Morgan fingerprint density at radius 3 is 2.22 bits per heavy atom. The maximum atomic E-state index is 2.35. The molecule has 0 N–H and O–H groups in total. The first-order valence-electron chi connectivity index (χ1n) is 4.37. The van der Waals surface area contributed by atoms with Gasteiger partial charge in [-0.25, -0.2) is 0 Å². The van der Waals surface area contributed by atoms with Crippen LogP contribution in [-0.2, 0) is 0 Å². The van der Waals surface area contributed by atoms with Gasteiger partial charge in [-0.3, -0.25) is 0 Å². The molecule has 2 fully saturated rings. The summed E-state index contributed by atoms with van der Waals surface area (Å²) >= 11 is 0. The van der Waals surface area contributed by atoms with Crippen molar-refractivity contribution < 1.29 is 0 Å². The van der Waals surface area contributed by atoms with E-state index in [1.165, 1.54) is 19.3 Å². The van der Waals surface area contributed by atoms with Gasteiger partial charge in [-0.2, -0.15) is 0 Å². The molecule has 0 heterocycles. The highest BCUT2D eigenvalue weighted by molar-refractivity contribution is 4.99. The van der Waals surface area contributed by atoms with Gasteiger partial charge in [-0.1, -0.05) is 19.8 Å². The lowest BCUT2D eigenvalue weighted by Gasteiger charge is -2.56. The highest BCUT2D eigenvalue weighted by Gasteiger charge is 2.49. The van der Waals surface area contributed by atoms with E-state index in [1.54, 1.807) is 19.3 Å². The Bertz CT molecular complexity index is 104. The Balaban J connectivity index is 1.97. The monoisotopic (exact) mass is 124 g/mol. The smallest absolute Gasteiger partial charge is 0.0269 e. The van der Waals surface area contributed by atoms with Gasteiger partial charge in [0.25, 0.3) is 0 Å². The molecular formula is C9H16. The molecule has 2 aliphatic carbocycles. The molecule has 0 aromatic carbocycles. The fraction of sp³-hybridized carbons (Fsp3) is 1.00. The molecule has 2 rings (SSSR count). The molecule has 1 atom stereocenters. The predicted octanol–water partition coefficient (Wildman–Crippen LogP) is 2.98. The second kappa shape index (κ2) is 1.74. The molecule has 1 spiro atoms. The molecule has 2 saturated carbocycles. The summed E-state index contributed by atoms with van der Waals surface area (Å²) in [6, 6.07) is 0. The largest absolute Gasteiger partial charge is 0.0651 e. The van der Waals surface area contributed by atoms with Crippen LogP contribution in [-0.4, -0.2) is 0 Å². The summed E-state index contributed by atoms with van der Waals surface area (Å²) in [5.74, 6) is 1.13. The molecule has 0 heteroatoms. The van der Waals surface area contributed by atoms with Crippen molar-refractivity contribution in [2.24, 2.45) is 11.3 Å². The molecule has 0 aromatic heterocycles. The molecule has 0 unspecified atom stereocenters. The summed E-state index contributed by atoms with van der Waals surface area (Å²) in [4.78, 5) is 0. The zero-order valence-electron chi connectivity index (χ0n) is 6.32. The summed E-state index contributed by atoms with van der Waals surface area (Å²) in [6.45, 7) is 2.35. The highest BCUT2D eigenvalue weighted by Crippen LogP contribution is 2.60. The van der Waals surface area contributed by atoms with Crippen LogP contribution in [0.25, 0.3) is 0 Å². The highest BCUT2D eigenvalue weighted by atomic mass is 14.5. The summed E-state index contributed by atoms with van der Waals surface area (Å²) in [5, 5.41) is 0. The van der Waals surface area contributed by atoms with Gasteiger partial charge in [0.1, 0.15) is 0 Å². The standard InChI is InChI=1S/C9H16/c1-2-8-4-7-9(8)5-3-6-9/h8H,2-7H2,1H3/t8-/m1/s1. The van der Waals surface area contributed by atoms with Crippen LogP contribution in [0.3, 0.4) is 0 Å². The first-order valence-corrected chi connectivity index (χ1v) is 4.37. The van der Waals surface area contributed by atoms with Crippen molar-refractivity contribution in [1.82, 2.24) is 0 Å². The minimum atomic E-state index is 0.911. The van der Waals surface area contributed by atoms with Gasteiger partial charge in [-0.15, -0.1) is 0 Å². The van der Waals surface area contributed by atoms with Crippen molar-refractivity contribution >= 4 is 0 Å². The number of rotatable bonds is 1. The van der Waals surface area contributed by atoms with Crippen LogP contribution in [0.2, 0.25) is 0 Å². The summed E-state index contributed by atoms with van der Waals surface area (Å²) in [6.07, 6.45) is 9.19. The predicted molar refractivity (Wildman–Crippen MR) is 39.3 cm³/mol. The molecule has 0 nitrogen and oxygen atoms in total. The van der Waals surface area contributed by atoms with E-state index in [0.29, 0.717) is 0 Å². The van der Waals surface area contributed by atoms with Crippen LogP contribution in [0.5, 0.6) is 0 Å². The fourth-order valence-corrected chi connectivity index (χ4v) is 2.68. The molecule has 2 aliphatic rings. The lowest BCUT2D eigenvalue weighted by atomic mass is 9.49. The average molecular weight is 124 g/mol. The molecular weight excluding hydrogens is 108 g/mol. The molecule has 0 aromatic rings. The van der Waals surface area contributed by atoms with Crippen molar-refractivity contribution in [2.45, 2.75) is 45.4 Å². The molecule has 9 heavy (non-hydrogen) atoms. The van der Waals surface area contributed by atoms with Gasteiger partial charge in [0.2, 0.25) is 0 Å². The second-order valence-corrected chi connectivity index (χ2v) is 3.86.